The van der Waals surface area contributed by atoms with Crippen LogP contribution < -0.4 is 4.90 Å². The molecule has 5 rings (SSSR count). The summed E-state index contributed by atoms with van der Waals surface area (Å²) < 4.78 is 13.9. The lowest BCUT2D eigenvalue weighted by atomic mass is 9.81. The molecule has 4 nitrogen and oxygen atoms in total. The lowest BCUT2D eigenvalue weighted by molar-refractivity contribution is -0.117. The van der Waals surface area contributed by atoms with Crippen LogP contribution in [0.1, 0.15) is 38.2 Å². The van der Waals surface area contributed by atoms with E-state index in [-0.39, 0.29) is 17.3 Å². The first kappa shape index (κ1) is 20.8. The number of halogens is 1. The van der Waals surface area contributed by atoms with E-state index in [9.17, 15) is 9.18 Å². The molecule has 0 aliphatic carbocycles. The van der Waals surface area contributed by atoms with Crippen molar-refractivity contribution in [2.75, 3.05) is 11.4 Å². The molecule has 2 unspecified atom stereocenters. The van der Waals surface area contributed by atoms with Gasteiger partial charge in [0, 0.05) is 43.6 Å². The number of benzene rings is 2. The maximum atomic E-state index is 13.9. The topological polar surface area (TPSA) is 36.4 Å². The second kappa shape index (κ2) is 8.47. The summed E-state index contributed by atoms with van der Waals surface area (Å²) in [6.07, 6.45) is 6.87. The number of amides is 1. The lowest BCUT2D eigenvalue weighted by Gasteiger charge is -2.48. The van der Waals surface area contributed by atoms with Crippen molar-refractivity contribution < 1.29 is 9.18 Å². The SMILES string of the molecule is CC1CC2(CCC(=O)N2c2cccc(F)c2)CCN1Cc1cccc(-c2cccnc2)c1. The van der Waals surface area contributed by atoms with Gasteiger partial charge < -0.3 is 4.90 Å². The first-order valence-electron chi connectivity index (χ1n) is 11.4. The van der Waals surface area contributed by atoms with Gasteiger partial charge in [-0.3, -0.25) is 14.7 Å². The second-order valence-corrected chi connectivity index (χ2v) is 9.15. The minimum Gasteiger partial charge on any atom is -0.306 e. The maximum absolute atomic E-state index is 13.9. The van der Waals surface area contributed by atoms with E-state index in [1.165, 1.54) is 23.3 Å². The summed E-state index contributed by atoms with van der Waals surface area (Å²) in [5, 5.41) is 0. The fourth-order valence-electron chi connectivity index (χ4n) is 5.50. The Morgan fingerprint density at radius 3 is 2.69 bits per heavy atom. The Bertz CT molecular complexity index is 1120. The summed E-state index contributed by atoms with van der Waals surface area (Å²) in [5.74, 6) is -0.184. The van der Waals surface area contributed by atoms with Crippen LogP contribution in [0.25, 0.3) is 11.1 Å². The fraction of sp³-hybridized carbons (Fsp3) is 0.333. The summed E-state index contributed by atoms with van der Waals surface area (Å²) in [4.78, 5) is 21.4. The van der Waals surface area contributed by atoms with Crippen LogP contribution in [0.3, 0.4) is 0 Å². The van der Waals surface area contributed by atoms with Crippen LogP contribution in [0.15, 0.2) is 73.1 Å². The lowest BCUT2D eigenvalue weighted by Crippen LogP contribution is -2.56. The number of hydrogen-bond acceptors (Lipinski definition) is 3. The highest BCUT2D eigenvalue weighted by atomic mass is 19.1. The van der Waals surface area contributed by atoms with Crippen molar-refractivity contribution in [2.45, 2.75) is 50.7 Å². The highest BCUT2D eigenvalue weighted by molar-refractivity contribution is 5.97. The molecule has 1 amide bonds. The third-order valence-corrected chi connectivity index (χ3v) is 7.06. The minimum absolute atomic E-state index is 0.112. The molecule has 0 saturated carbocycles. The van der Waals surface area contributed by atoms with E-state index in [0.29, 0.717) is 18.2 Å². The number of rotatable bonds is 4. The third-order valence-electron chi connectivity index (χ3n) is 7.06. The van der Waals surface area contributed by atoms with Crippen LogP contribution in [0.5, 0.6) is 0 Å². The number of anilines is 1. The monoisotopic (exact) mass is 429 g/mol. The highest BCUT2D eigenvalue weighted by Gasteiger charge is 2.49. The van der Waals surface area contributed by atoms with Crippen molar-refractivity contribution in [3.8, 4) is 11.1 Å². The smallest absolute Gasteiger partial charge is 0.227 e. The zero-order chi connectivity index (χ0) is 22.1. The molecule has 0 N–H and O–H groups in total. The van der Waals surface area contributed by atoms with Gasteiger partial charge in [-0.25, -0.2) is 4.39 Å². The molecule has 2 aliphatic heterocycles. The van der Waals surface area contributed by atoms with Crippen LogP contribution in [0.4, 0.5) is 10.1 Å². The number of likely N-dealkylation sites (tertiary alicyclic amines) is 1. The molecule has 1 aromatic heterocycles. The Kier molecular flexibility index (Phi) is 5.51. The molecule has 2 atom stereocenters. The molecule has 2 aliphatic rings. The number of pyridine rings is 1. The Hall–Kier alpha value is -3.05. The summed E-state index contributed by atoms with van der Waals surface area (Å²) in [6, 6.07) is 19.5. The molecule has 5 heteroatoms. The van der Waals surface area contributed by atoms with Crippen LogP contribution in [-0.4, -0.2) is 33.9 Å². The van der Waals surface area contributed by atoms with Gasteiger partial charge in [-0.1, -0.05) is 30.3 Å². The maximum Gasteiger partial charge on any atom is 0.227 e. The number of carbonyl (C=O) groups is 1. The van der Waals surface area contributed by atoms with Gasteiger partial charge in [0.15, 0.2) is 0 Å². The predicted molar refractivity (Wildman–Crippen MR) is 125 cm³/mol. The van der Waals surface area contributed by atoms with Crippen molar-refractivity contribution in [3.63, 3.8) is 0 Å². The van der Waals surface area contributed by atoms with Gasteiger partial charge in [0.1, 0.15) is 5.82 Å². The molecule has 2 fully saturated rings. The highest BCUT2D eigenvalue weighted by Crippen LogP contribution is 2.44. The van der Waals surface area contributed by atoms with Crippen molar-refractivity contribution >= 4 is 11.6 Å². The van der Waals surface area contributed by atoms with E-state index in [0.717, 1.165) is 37.9 Å². The molecule has 2 saturated heterocycles. The standard InChI is InChI=1S/C27H28FN3O/c1-20-17-27(11-10-26(32)31(27)25-9-3-8-24(28)16-25)12-14-30(20)19-21-5-2-6-22(15-21)23-7-4-13-29-18-23/h2-9,13,15-16,18,20H,10-12,14,17,19H2,1H3. The number of piperidine rings is 1. The zero-order valence-electron chi connectivity index (χ0n) is 18.4. The molecular weight excluding hydrogens is 401 g/mol. The second-order valence-electron chi connectivity index (χ2n) is 9.15. The minimum atomic E-state index is -0.295. The molecule has 1 spiro atoms. The average Bonchev–Trinajstić information content (AvgIpc) is 3.12. The van der Waals surface area contributed by atoms with Gasteiger partial charge in [-0.05, 0) is 73.2 Å². The Morgan fingerprint density at radius 2 is 1.91 bits per heavy atom. The quantitative estimate of drug-likeness (QED) is 0.554. The van der Waals surface area contributed by atoms with Gasteiger partial charge in [-0.2, -0.15) is 0 Å². The number of nitrogens with zero attached hydrogens (tertiary/aromatic N) is 3. The number of hydrogen-bond donors (Lipinski definition) is 0. The largest absolute Gasteiger partial charge is 0.306 e. The van der Waals surface area contributed by atoms with Gasteiger partial charge in [-0.15, -0.1) is 0 Å². The number of aromatic nitrogens is 1. The van der Waals surface area contributed by atoms with Crippen molar-refractivity contribution in [1.29, 1.82) is 0 Å². The van der Waals surface area contributed by atoms with Crippen molar-refractivity contribution in [1.82, 2.24) is 9.88 Å². The van der Waals surface area contributed by atoms with E-state index in [2.05, 4.69) is 47.1 Å². The first-order valence-corrected chi connectivity index (χ1v) is 11.4. The van der Waals surface area contributed by atoms with E-state index < -0.39 is 0 Å². The predicted octanol–water partition coefficient (Wildman–Crippen LogP) is 5.44. The van der Waals surface area contributed by atoms with Crippen molar-refractivity contribution in [2.24, 2.45) is 0 Å². The molecule has 2 aromatic carbocycles. The summed E-state index contributed by atoms with van der Waals surface area (Å²) in [6.45, 7) is 4.04. The van der Waals surface area contributed by atoms with Gasteiger partial charge in [0.2, 0.25) is 5.91 Å². The molecule has 3 heterocycles. The molecule has 3 aromatic rings. The van der Waals surface area contributed by atoms with Gasteiger partial charge in [0.25, 0.3) is 0 Å². The Morgan fingerprint density at radius 1 is 1.06 bits per heavy atom. The molecular formula is C27H28FN3O. The Labute approximate surface area is 188 Å². The summed E-state index contributed by atoms with van der Waals surface area (Å²) in [7, 11) is 0. The molecule has 32 heavy (non-hydrogen) atoms. The fourth-order valence-corrected chi connectivity index (χ4v) is 5.50. The average molecular weight is 430 g/mol. The molecule has 0 bridgehead atoms. The normalized spacial score (nSPS) is 23.8. The van der Waals surface area contributed by atoms with Crippen LogP contribution in [-0.2, 0) is 11.3 Å². The van der Waals surface area contributed by atoms with E-state index in [4.69, 9.17) is 0 Å². The summed E-state index contributed by atoms with van der Waals surface area (Å²) >= 11 is 0. The van der Waals surface area contributed by atoms with Gasteiger partial charge >= 0.3 is 0 Å². The van der Waals surface area contributed by atoms with E-state index in [1.807, 2.05) is 23.2 Å². The van der Waals surface area contributed by atoms with Crippen LogP contribution >= 0.6 is 0 Å². The zero-order valence-corrected chi connectivity index (χ0v) is 18.4. The molecule has 0 radical (unpaired) electrons. The summed E-state index contributed by atoms with van der Waals surface area (Å²) in [5.41, 5.74) is 4.06. The van der Waals surface area contributed by atoms with Crippen molar-refractivity contribution in [3.05, 3.63) is 84.4 Å². The first-order chi connectivity index (χ1) is 15.5. The number of carbonyl (C=O) groups excluding carboxylic acids is 1. The van der Waals surface area contributed by atoms with Crippen LogP contribution in [0, 0.1) is 5.82 Å². The van der Waals surface area contributed by atoms with E-state index >= 15 is 0 Å². The third kappa shape index (κ3) is 3.93. The van der Waals surface area contributed by atoms with E-state index in [1.54, 1.807) is 12.3 Å². The van der Waals surface area contributed by atoms with Gasteiger partial charge in [0.05, 0.1) is 5.54 Å². The Balaban J connectivity index is 1.33. The van der Waals surface area contributed by atoms with Crippen LogP contribution in [0.2, 0.25) is 0 Å². The molecule has 164 valence electrons.